The standard InChI is InChI=1S/C22H32N4O4S/c1-31(27,28)20-8-6-19(7-9-20)29-16-4-5-18-10-14-26(15-11-18)22-23-21(24-30-22)17-25-12-2-3-13-25/h6-9,18H,2-5,10-17H2,1H3. The molecule has 2 aliphatic heterocycles. The van der Waals surface area contributed by atoms with Gasteiger partial charge >= 0.3 is 6.01 Å². The van der Waals surface area contributed by atoms with Gasteiger partial charge in [-0.25, -0.2) is 8.42 Å². The van der Waals surface area contributed by atoms with Gasteiger partial charge in [-0.1, -0.05) is 5.16 Å². The van der Waals surface area contributed by atoms with Gasteiger partial charge in [0.2, 0.25) is 0 Å². The van der Waals surface area contributed by atoms with E-state index in [9.17, 15) is 8.42 Å². The molecule has 0 bridgehead atoms. The zero-order chi connectivity index (χ0) is 21.7. The minimum absolute atomic E-state index is 0.316. The molecule has 2 aliphatic rings. The molecular formula is C22H32N4O4S. The van der Waals surface area contributed by atoms with E-state index >= 15 is 0 Å². The van der Waals surface area contributed by atoms with Gasteiger partial charge in [-0.3, -0.25) is 4.90 Å². The molecule has 0 radical (unpaired) electrons. The summed E-state index contributed by atoms with van der Waals surface area (Å²) >= 11 is 0. The van der Waals surface area contributed by atoms with Crippen LogP contribution in [0.5, 0.6) is 5.75 Å². The summed E-state index contributed by atoms with van der Waals surface area (Å²) in [6.07, 6.45) is 8.08. The Morgan fingerprint density at radius 2 is 1.81 bits per heavy atom. The van der Waals surface area contributed by atoms with E-state index in [0.717, 1.165) is 64.2 Å². The van der Waals surface area contributed by atoms with Crippen LogP contribution in [0, 0.1) is 5.92 Å². The fourth-order valence-electron chi connectivity index (χ4n) is 4.34. The maximum Gasteiger partial charge on any atom is 0.324 e. The van der Waals surface area contributed by atoms with E-state index in [1.165, 1.54) is 19.1 Å². The number of rotatable bonds is 9. The first-order valence-corrected chi connectivity index (χ1v) is 13.1. The highest BCUT2D eigenvalue weighted by Gasteiger charge is 2.23. The Hall–Kier alpha value is -2.13. The van der Waals surface area contributed by atoms with E-state index in [-0.39, 0.29) is 0 Å². The Morgan fingerprint density at radius 3 is 2.48 bits per heavy atom. The third kappa shape index (κ3) is 6.20. The van der Waals surface area contributed by atoms with Crippen molar-refractivity contribution in [3.05, 3.63) is 30.1 Å². The maximum atomic E-state index is 11.5. The van der Waals surface area contributed by atoms with Crippen LogP contribution >= 0.6 is 0 Å². The topological polar surface area (TPSA) is 88.8 Å². The Kier molecular flexibility index (Phi) is 7.12. The van der Waals surface area contributed by atoms with Gasteiger partial charge in [0.1, 0.15) is 5.75 Å². The predicted molar refractivity (Wildman–Crippen MR) is 118 cm³/mol. The Balaban J connectivity index is 1.14. The number of piperidine rings is 1. The van der Waals surface area contributed by atoms with Crippen LogP contribution in [0.15, 0.2) is 33.7 Å². The molecule has 1 aromatic heterocycles. The number of sulfone groups is 1. The highest BCUT2D eigenvalue weighted by atomic mass is 32.2. The number of nitrogens with zero attached hydrogens (tertiary/aromatic N) is 4. The van der Waals surface area contributed by atoms with Crippen molar-refractivity contribution in [3.8, 4) is 5.75 Å². The molecule has 8 nitrogen and oxygen atoms in total. The lowest BCUT2D eigenvalue weighted by Gasteiger charge is -2.30. The van der Waals surface area contributed by atoms with Crippen LogP contribution in [0.2, 0.25) is 0 Å². The number of anilines is 1. The summed E-state index contributed by atoms with van der Waals surface area (Å²) in [6, 6.07) is 7.28. The zero-order valence-electron chi connectivity index (χ0n) is 18.2. The van der Waals surface area contributed by atoms with Crippen LogP contribution < -0.4 is 9.64 Å². The molecule has 31 heavy (non-hydrogen) atoms. The molecule has 4 rings (SSSR count). The summed E-state index contributed by atoms with van der Waals surface area (Å²) in [6.45, 7) is 5.59. The average molecular weight is 449 g/mol. The van der Waals surface area contributed by atoms with Gasteiger partial charge in [0.25, 0.3) is 0 Å². The molecule has 0 N–H and O–H groups in total. The predicted octanol–water partition coefficient (Wildman–Crippen LogP) is 3.14. The second-order valence-corrected chi connectivity index (χ2v) is 10.7. The minimum Gasteiger partial charge on any atom is -0.494 e. The lowest BCUT2D eigenvalue weighted by atomic mass is 9.92. The third-order valence-corrected chi connectivity index (χ3v) is 7.31. The summed E-state index contributed by atoms with van der Waals surface area (Å²) in [5, 5.41) is 4.16. The smallest absolute Gasteiger partial charge is 0.324 e. The summed E-state index contributed by atoms with van der Waals surface area (Å²) < 4.78 is 34.3. The van der Waals surface area contributed by atoms with Gasteiger partial charge in [-0.05, 0) is 81.8 Å². The lowest BCUT2D eigenvalue weighted by molar-refractivity contribution is 0.276. The fraction of sp³-hybridized carbons (Fsp3) is 0.636. The molecule has 0 atom stereocenters. The highest BCUT2D eigenvalue weighted by molar-refractivity contribution is 7.90. The number of hydrogen-bond acceptors (Lipinski definition) is 8. The van der Waals surface area contributed by atoms with Gasteiger partial charge in [0, 0.05) is 19.3 Å². The van der Waals surface area contributed by atoms with Crippen LogP contribution in [0.25, 0.3) is 0 Å². The number of ether oxygens (including phenoxy) is 1. The molecule has 2 aromatic rings. The molecule has 1 aromatic carbocycles. The molecule has 3 heterocycles. The molecule has 0 aliphatic carbocycles. The first kappa shape index (κ1) is 22.1. The average Bonchev–Trinajstić information content (AvgIpc) is 3.44. The van der Waals surface area contributed by atoms with Crippen molar-refractivity contribution in [2.75, 3.05) is 43.9 Å². The Morgan fingerprint density at radius 1 is 1.10 bits per heavy atom. The van der Waals surface area contributed by atoms with Gasteiger partial charge in [-0.2, -0.15) is 4.98 Å². The van der Waals surface area contributed by atoms with E-state index in [2.05, 4.69) is 19.9 Å². The lowest BCUT2D eigenvalue weighted by Crippen LogP contribution is -2.34. The number of likely N-dealkylation sites (tertiary alicyclic amines) is 1. The van der Waals surface area contributed by atoms with Gasteiger partial charge < -0.3 is 14.2 Å². The van der Waals surface area contributed by atoms with Gasteiger partial charge in [0.15, 0.2) is 15.7 Å². The normalized spacial score (nSPS) is 18.5. The molecule has 170 valence electrons. The number of hydrogen-bond donors (Lipinski definition) is 0. The van der Waals surface area contributed by atoms with Crippen LogP contribution in [0.4, 0.5) is 6.01 Å². The van der Waals surface area contributed by atoms with Gasteiger partial charge in [0.05, 0.1) is 18.0 Å². The molecule has 2 saturated heterocycles. The summed E-state index contributed by atoms with van der Waals surface area (Å²) in [5.74, 6) is 2.18. The number of benzene rings is 1. The quantitative estimate of drug-likeness (QED) is 0.541. The van der Waals surface area contributed by atoms with Crippen LogP contribution in [-0.4, -0.2) is 62.5 Å². The summed E-state index contributed by atoms with van der Waals surface area (Å²) in [7, 11) is -3.16. The van der Waals surface area contributed by atoms with Crippen LogP contribution in [0.3, 0.4) is 0 Å². The molecule has 9 heteroatoms. The van der Waals surface area contributed by atoms with E-state index in [1.807, 2.05) is 0 Å². The molecule has 0 amide bonds. The van der Waals surface area contributed by atoms with Crippen molar-refractivity contribution in [1.82, 2.24) is 15.0 Å². The highest BCUT2D eigenvalue weighted by Crippen LogP contribution is 2.26. The second kappa shape index (κ2) is 9.99. The fourth-order valence-corrected chi connectivity index (χ4v) is 4.97. The molecule has 0 spiro atoms. The van der Waals surface area contributed by atoms with Crippen molar-refractivity contribution in [3.63, 3.8) is 0 Å². The van der Waals surface area contributed by atoms with Crippen molar-refractivity contribution < 1.29 is 17.7 Å². The van der Waals surface area contributed by atoms with E-state index in [0.29, 0.717) is 29.2 Å². The van der Waals surface area contributed by atoms with Crippen molar-refractivity contribution >= 4 is 15.9 Å². The largest absolute Gasteiger partial charge is 0.494 e. The summed E-state index contributed by atoms with van der Waals surface area (Å²) in [5.41, 5.74) is 0. The van der Waals surface area contributed by atoms with Gasteiger partial charge in [-0.15, -0.1) is 0 Å². The molecule has 2 fully saturated rings. The molecule has 0 saturated carbocycles. The van der Waals surface area contributed by atoms with Crippen molar-refractivity contribution in [2.24, 2.45) is 5.92 Å². The SMILES string of the molecule is CS(=O)(=O)c1ccc(OCCCC2CCN(c3nc(CN4CCCC4)no3)CC2)cc1. The van der Waals surface area contributed by atoms with E-state index in [4.69, 9.17) is 9.26 Å². The summed E-state index contributed by atoms with van der Waals surface area (Å²) in [4.78, 5) is 9.50. The first-order chi connectivity index (χ1) is 15.0. The van der Waals surface area contributed by atoms with Crippen molar-refractivity contribution in [1.29, 1.82) is 0 Å². The van der Waals surface area contributed by atoms with E-state index in [1.54, 1.807) is 24.3 Å². The van der Waals surface area contributed by atoms with E-state index < -0.39 is 9.84 Å². The zero-order valence-corrected chi connectivity index (χ0v) is 19.0. The second-order valence-electron chi connectivity index (χ2n) is 8.64. The molecular weight excluding hydrogens is 416 g/mol. The third-order valence-electron chi connectivity index (χ3n) is 6.18. The van der Waals surface area contributed by atoms with Crippen LogP contribution in [0.1, 0.15) is 44.3 Å². The number of aromatic nitrogens is 2. The Bertz CT molecular complexity index is 931. The Labute approximate surface area is 184 Å². The maximum absolute atomic E-state index is 11.5. The first-order valence-electron chi connectivity index (χ1n) is 11.2. The monoisotopic (exact) mass is 448 g/mol. The van der Waals surface area contributed by atoms with Crippen molar-refractivity contribution in [2.45, 2.75) is 50.0 Å². The molecule has 0 unspecified atom stereocenters. The van der Waals surface area contributed by atoms with Crippen LogP contribution in [-0.2, 0) is 16.4 Å². The minimum atomic E-state index is -3.16.